The van der Waals surface area contributed by atoms with Crippen LogP contribution in [0, 0.1) is 5.82 Å². The number of benzene rings is 1. The van der Waals surface area contributed by atoms with Gasteiger partial charge in [-0.15, -0.1) is 5.10 Å². The number of hydrogen-bond donors (Lipinski definition) is 1. The quantitative estimate of drug-likeness (QED) is 0.878. The summed E-state index contributed by atoms with van der Waals surface area (Å²) in [5.74, 6) is -0.130. The Bertz CT molecular complexity index is 570. The van der Waals surface area contributed by atoms with Gasteiger partial charge in [-0.25, -0.2) is 4.39 Å². The van der Waals surface area contributed by atoms with Crippen molar-refractivity contribution in [3.8, 4) is 5.75 Å². The van der Waals surface area contributed by atoms with Crippen LogP contribution in [0.3, 0.4) is 0 Å². The van der Waals surface area contributed by atoms with E-state index in [1.165, 1.54) is 13.2 Å². The lowest BCUT2D eigenvalue weighted by molar-refractivity contribution is 0.385. The molecule has 0 saturated carbocycles. The average molecular weight is 278 g/mol. The Morgan fingerprint density at radius 3 is 2.85 bits per heavy atom. The molecule has 0 spiro atoms. The van der Waals surface area contributed by atoms with Crippen molar-refractivity contribution >= 4 is 0 Å². The zero-order valence-corrected chi connectivity index (χ0v) is 11.9. The lowest BCUT2D eigenvalue weighted by Crippen LogP contribution is -2.25. The molecule has 0 aliphatic rings. The zero-order valence-electron chi connectivity index (χ0n) is 11.9. The molecule has 6 heteroatoms. The van der Waals surface area contributed by atoms with Gasteiger partial charge in [0, 0.05) is 7.05 Å². The normalized spacial score (nSPS) is 12.4. The van der Waals surface area contributed by atoms with E-state index in [0.717, 1.165) is 24.2 Å². The van der Waals surface area contributed by atoms with Gasteiger partial charge < -0.3 is 10.1 Å². The minimum Gasteiger partial charge on any atom is -0.494 e. The first-order valence-electron chi connectivity index (χ1n) is 6.58. The molecule has 1 heterocycles. The molecule has 0 bridgehead atoms. The maximum absolute atomic E-state index is 13.5. The summed E-state index contributed by atoms with van der Waals surface area (Å²) in [7, 11) is 3.30. The predicted molar refractivity (Wildman–Crippen MR) is 74.1 cm³/mol. The van der Waals surface area contributed by atoms with Crippen molar-refractivity contribution in [2.45, 2.75) is 19.4 Å². The van der Waals surface area contributed by atoms with Crippen molar-refractivity contribution in [2.24, 2.45) is 7.05 Å². The summed E-state index contributed by atoms with van der Waals surface area (Å²) >= 11 is 0. The van der Waals surface area contributed by atoms with Gasteiger partial charge in [0.25, 0.3) is 0 Å². The second kappa shape index (κ2) is 6.47. The van der Waals surface area contributed by atoms with Crippen LogP contribution < -0.4 is 10.1 Å². The van der Waals surface area contributed by atoms with Gasteiger partial charge in [-0.05, 0) is 30.7 Å². The molecule has 20 heavy (non-hydrogen) atoms. The molecule has 1 aromatic heterocycles. The third-order valence-corrected chi connectivity index (χ3v) is 3.15. The lowest BCUT2D eigenvalue weighted by atomic mass is 10.0. The standard InChI is InChI=1S/C14H19FN4O/c1-4-7-16-14(12-9-17-18-19(12)2)10-5-6-11(15)13(8-10)20-3/h5-6,8-9,14,16H,4,7H2,1-3H3. The third-order valence-electron chi connectivity index (χ3n) is 3.15. The highest BCUT2D eigenvalue weighted by molar-refractivity contribution is 5.35. The minimum absolute atomic E-state index is 0.0931. The highest BCUT2D eigenvalue weighted by Crippen LogP contribution is 2.26. The van der Waals surface area contributed by atoms with Crippen LogP contribution in [0.4, 0.5) is 4.39 Å². The number of rotatable bonds is 6. The SMILES string of the molecule is CCCNC(c1ccc(F)c(OC)c1)c1cnnn1C. The third kappa shape index (κ3) is 2.96. The zero-order chi connectivity index (χ0) is 14.5. The second-order valence-electron chi connectivity index (χ2n) is 4.56. The highest BCUT2D eigenvalue weighted by atomic mass is 19.1. The number of aromatic nitrogens is 3. The number of halogens is 1. The van der Waals surface area contributed by atoms with E-state index in [1.807, 2.05) is 7.05 Å². The maximum Gasteiger partial charge on any atom is 0.165 e. The van der Waals surface area contributed by atoms with E-state index in [0.29, 0.717) is 0 Å². The average Bonchev–Trinajstić information content (AvgIpc) is 2.87. The van der Waals surface area contributed by atoms with Crippen LogP contribution in [-0.2, 0) is 7.05 Å². The van der Waals surface area contributed by atoms with Crippen LogP contribution >= 0.6 is 0 Å². The van der Waals surface area contributed by atoms with Gasteiger partial charge in [0.1, 0.15) is 0 Å². The molecule has 1 unspecified atom stereocenters. The number of aryl methyl sites for hydroxylation is 1. The van der Waals surface area contributed by atoms with Crippen LogP contribution in [0.1, 0.15) is 30.6 Å². The van der Waals surface area contributed by atoms with E-state index in [-0.39, 0.29) is 17.6 Å². The number of nitrogens with one attached hydrogen (secondary N) is 1. The van der Waals surface area contributed by atoms with E-state index < -0.39 is 0 Å². The Labute approximate surface area is 117 Å². The summed E-state index contributed by atoms with van der Waals surface area (Å²) in [5.41, 5.74) is 1.84. The molecule has 0 saturated heterocycles. The van der Waals surface area contributed by atoms with Crippen molar-refractivity contribution in [3.05, 3.63) is 41.5 Å². The fourth-order valence-corrected chi connectivity index (χ4v) is 2.10. The van der Waals surface area contributed by atoms with Gasteiger partial charge >= 0.3 is 0 Å². The Morgan fingerprint density at radius 2 is 2.25 bits per heavy atom. The molecule has 108 valence electrons. The van der Waals surface area contributed by atoms with Crippen LogP contribution in [0.15, 0.2) is 24.4 Å². The number of methoxy groups -OCH3 is 1. The van der Waals surface area contributed by atoms with Gasteiger partial charge in [-0.1, -0.05) is 18.2 Å². The fourth-order valence-electron chi connectivity index (χ4n) is 2.10. The lowest BCUT2D eigenvalue weighted by Gasteiger charge is -2.19. The maximum atomic E-state index is 13.5. The number of ether oxygens (including phenoxy) is 1. The molecule has 0 aliphatic carbocycles. The van der Waals surface area contributed by atoms with Crippen molar-refractivity contribution in [1.82, 2.24) is 20.3 Å². The van der Waals surface area contributed by atoms with Gasteiger partial charge in [-0.3, -0.25) is 4.68 Å². The molecule has 1 N–H and O–H groups in total. The van der Waals surface area contributed by atoms with Gasteiger partial charge in [0.05, 0.1) is 25.0 Å². The Hall–Kier alpha value is -1.95. The Morgan fingerprint density at radius 1 is 1.45 bits per heavy atom. The highest BCUT2D eigenvalue weighted by Gasteiger charge is 2.19. The molecular formula is C14H19FN4O. The van der Waals surface area contributed by atoms with E-state index in [4.69, 9.17) is 4.74 Å². The summed E-state index contributed by atoms with van der Waals surface area (Å²) in [6, 6.07) is 4.77. The first-order chi connectivity index (χ1) is 9.67. The van der Waals surface area contributed by atoms with Crippen molar-refractivity contribution in [2.75, 3.05) is 13.7 Å². The van der Waals surface area contributed by atoms with Crippen LogP contribution in [0.2, 0.25) is 0 Å². The monoisotopic (exact) mass is 278 g/mol. The topological polar surface area (TPSA) is 52.0 Å². The molecule has 2 rings (SSSR count). The van der Waals surface area contributed by atoms with E-state index in [9.17, 15) is 4.39 Å². The summed E-state index contributed by atoms with van der Waals surface area (Å²) in [5, 5.41) is 11.3. The largest absolute Gasteiger partial charge is 0.494 e. The summed E-state index contributed by atoms with van der Waals surface area (Å²) in [6.45, 7) is 2.94. The molecular weight excluding hydrogens is 259 g/mol. The van der Waals surface area contributed by atoms with E-state index >= 15 is 0 Å². The Kier molecular flexibility index (Phi) is 4.68. The second-order valence-corrected chi connectivity index (χ2v) is 4.56. The fraction of sp³-hybridized carbons (Fsp3) is 0.429. The molecule has 0 radical (unpaired) electrons. The smallest absolute Gasteiger partial charge is 0.165 e. The molecule has 1 atom stereocenters. The molecule has 5 nitrogen and oxygen atoms in total. The van der Waals surface area contributed by atoms with Crippen LogP contribution in [-0.4, -0.2) is 28.6 Å². The van der Waals surface area contributed by atoms with Gasteiger partial charge in [-0.2, -0.15) is 0 Å². The first kappa shape index (κ1) is 14.5. The predicted octanol–water partition coefficient (Wildman–Crippen LogP) is 2.05. The Balaban J connectivity index is 2.38. The molecule has 2 aromatic rings. The first-order valence-corrected chi connectivity index (χ1v) is 6.58. The van der Waals surface area contributed by atoms with Crippen molar-refractivity contribution in [1.29, 1.82) is 0 Å². The number of nitrogens with zero attached hydrogens (tertiary/aromatic N) is 3. The van der Waals surface area contributed by atoms with Crippen LogP contribution in [0.25, 0.3) is 0 Å². The van der Waals surface area contributed by atoms with Gasteiger partial charge in [0.2, 0.25) is 0 Å². The van der Waals surface area contributed by atoms with Gasteiger partial charge in [0.15, 0.2) is 11.6 Å². The van der Waals surface area contributed by atoms with E-state index in [1.54, 1.807) is 23.0 Å². The summed E-state index contributed by atoms with van der Waals surface area (Å²) in [6.07, 6.45) is 2.71. The molecule has 0 fully saturated rings. The molecule has 1 aromatic carbocycles. The van der Waals surface area contributed by atoms with E-state index in [2.05, 4.69) is 22.6 Å². The van der Waals surface area contributed by atoms with Crippen molar-refractivity contribution in [3.63, 3.8) is 0 Å². The van der Waals surface area contributed by atoms with Crippen LogP contribution in [0.5, 0.6) is 5.75 Å². The summed E-state index contributed by atoms with van der Waals surface area (Å²) in [4.78, 5) is 0. The summed E-state index contributed by atoms with van der Waals surface area (Å²) < 4.78 is 20.3. The molecule has 0 aliphatic heterocycles. The number of hydrogen-bond acceptors (Lipinski definition) is 4. The molecule has 0 amide bonds. The van der Waals surface area contributed by atoms with Crippen molar-refractivity contribution < 1.29 is 9.13 Å². The minimum atomic E-state index is -0.367.